The van der Waals surface area contributed by atoms with E-state index in [0.29, 0.717) is 29.4 Å². The van der Waals surface area contributed by atoms with Crippen LogP contribution in [0.1, 0.15) is 31.5 Å². The van der Waals surface area contributed by atoms with Gasteiger partial charge in [0.25, 0.3) is 5.56 Å². The van der Waals surface area contributed by atoms with Gasteiger partial charge in [0, 0.05) is 43.7 Å². The maximum Gasteiger partial charge on any atom is 0.277 e. The van der Waals surface area contributed by atoms with Gasteiger partial charge in [0.1, 0.15) is 5.15 Å². The Hall–Kier alpha value is -1.83. The maximum atomic E-state index is 12.9. The molecule has 3 aromatic rings. The molecule has 0 saturated heterocycles. The summed E-state index contributed by atoms with van der Waals surface area (Å²) in [5, 5.41) is 16.7. The maximum absolute atomic E-state index is 12.9. The fraction of sp³-hybridized carbons (Fsp3) is 0.450. The van der Waals surface area contributed by atoms with Crippen molar-refractivity contribution < 1.29 is 5.11 Å². The first-order valence-electron chi connectivity index (χ1n) is 9.33. The summed E-state index contributed by atoms with van der Waals surface area (Å²) in [5.41, 5.74) is 1.84. The average molecular weight is 421 g/mol. The molecule has 0 aliphatic carbocycles. The summed E-state index contributed by atoms with van der Waals surface area (Å²) in [4.78, 5) is 17.1. The van der Waals surface area contributed by atoms with Gasteiger partial charge in [0.2, 0.25) is 0 Å². The summed E-state index contributed by atoms with van der Waals surface area (Å²) < 4.78 is 3.52. The van der Waals surface area contributed by atoms with Crippen molar-refractivity contribution in [3.63, 3.8) is 0 Å². The monoisotopic (exact) mass is 420 g/mol. The number of halogens is 1. The van der Waals surface area contributed by atoms with Gasteiger partial charge in [-0.15, -0.1) is 11.8 Å². The Balaban J connectivity index is 2.14. The van der Waals surface area contributed by atoms with Crippen LogP contribution in [0.15, 0.2) is 34.3 Å². The fourth-order valence-electron chi connectivity index (χ4n) is 3.15. The van der Waals surface area contributed by atoms with Gasteiger partial charge in [-0.25, -0.2) is 9.67 Å². The summed E-state index contributed by atoms with van der Waals surface area (Å²) in [5.74, 6) is 1.17. The largest absolute Gasteiger partial charge is 0.396 e. The summed E-state index contributed by atoms with van der Waals surface area (Å²) in [6.45, 7) is 5.01. The number of rotatable bonds is 8. The van der Waals surface area contributed by atoms with Crippen molar-refractivity contribution in [1.29, 1.82) is 0 Å². The van der Waals surface area contributed by atoms with Crippen LogP contribution in [0, 0.1) is 5.92 Å². The number of thioether (sulfide) groups is 1. The van der Waals surface area contributed by atoms with E-state index in [1.54, 1.807) is 31.1 Å². The minimum Gasteiger partial charge on any atom is -0.396 e. The number of hydrogen-bond acceptors (Lipinski definition) is 5. The Kier molecular flexibility index (Phi) is 6.80. The van der Waals surface area contributed by atoms with Crippen molar-refractivity contribution in [3.8, 4) is 0 Å². The van der Waals surface area contributed by atoms with Gasteiger partial charge in [-0.2, -0.15) is 5.10 Å². The van der Waals surface area contributed by atoms with E-state index >= 15 is 0 Å². The van der Waals surface area contributed by atoms with Crippen LogP contribution in [0.4, 0.5) is 0 Å². The van der Waals surface area contributed by atoms with Crippen LogP contribution in [0.2, 0.25) is 5.15 Å². The molecule has 0 radical (unpaired) electrons. The van der Waals surface area contributed by atoms with E-state index in [0.717, 1.165) is 33.8 Å². The summed E-state index contributed by atoms with van der Waals surface area (Å²) >= 11 is 7.50. The molecule has 0 atom stereocenters. The van der Waals surface area contributed by atoms with Gasteiger partial charge in [0.05, 0.1) is 16.1 Å². The van der Waals surface area contributed by atoms with Gasteiger partial charge in [-0.3, -0.25) is 4.79 Å². The minimum absolute atomic E-state index is 0.0954. The highest BCUT2D eigenvalue weighted by Crippen LogP contribution is 2.31. The van der Waals surface area contributed by atoms with Gasteiger partial charge < -0.3 is 9.67 Å². The molecular weight excluding hydrogens is 396 g/mol. The zero-order chi connectivity index (χ0) is 20.3. The molecule has 0 amide bonds. The van der Waals surface area contributed by atoms with Gasteiger partial charge in [0.15, 0.2) is 0 Å². The second-order valence-electron chi connectivity index (χ2n) is 7.24. The highest BCUT2D eigenvalue weighted by molar-refractivity contribution is 7.99. The molecule has 8 heteroatoms. The molecule has 0 fully saturated rings. The molecule has 0 spiro atoms. The first kappa shape index (κ1) is 20.9. The molecule has 6 nitrogen and oxygen atoms in total. The van der Waals surface area contributed by atoms with Crippen molar-refractivity contribution in [2.45, 2.75) is 38.3 Å². The lowest BCUT2D eigenvalue weighted by Crippen LogP contribution is -2.22. The second-order valence-corrected chi connectivity index (χ2v) is 8.71. The van der Waals surface area contributed by atoms with E-state index in [9.17, 15) is 4.79 Å². The number of pyridine rings is 1. The molecule has 28 heavy (non-hydrogen) atoms. The molecule has 150 valence electrons. The minimum atomic E-state index is -0.0954. The molecule has 0 saturated carbocycles. The quantitative estimate of drug-likeness (QED) is 0.343. The second kappa shape index (κ2) is 9.11. The van der Waals surface area contributed by atoms with Crippen LogP contribution in [0.5, 0.6) is 0 Å². The van der Waals surface area contributed by atoms with E-state index in [1.807, 2.05) is 12.3 Å². The standard InChI is InChI=1S/C20H25ClN4O2S/c1-13(2)9-16-15-12-25(11-14-5-6-17(21)22-10-14)20(28-8-4-7-26)18(15)19(27)24(3)23-16/h5-6,10,12-13,26H,4,7-9,11H2,1-3H3. The van der Waals surface area contributed by atoms with E-state index in [-0.39, 0.29) is 12.2 Å². The number of nitrogens with zero attached hydrogens (tertiary/aromatic N) is 4. The lowest BCUT2D eigenvalue weighted by molar-refractivity contribution is 0.296. The summed E-state index contributed by atoms with van der Waals surface area (Å²) in [6.07, 6.45) is 5.25. The Labute approximate surface area is 173 Å². The summed E-state index contributed by atoms with van der Waals surface area (Å²) in [7, 11) is 1.70. The van der Waals surface area contributed by atoms with Crippen LogP contribution in [-0.4, -0.2) is 36.8 Å². The van der Waals surface area contributed by atoms with Crippen molar-refractivity contribution in [2.24, 2.45) is 13.0 Å². The average Bonchev–Trinajstić information content (AvgIpc) is 3.00. The van der Waals surface area contributed by atoms with Crippen molar-refractivity contribution in [2.75, 3.05) is 12.4 Å². The predicted molar refractivity (Wildman–Crippen MR) is 114 cm³/mol. The molecule has 0 aromatic carbocycles. The molecule has 0 aliphatic rings. The highest BCUT2D eigenvalue weighted by Gasteiger charge is 2.19. The number of aryl methyl sites for hydroxylation is 1. The van der Waals surface area contributed by atoms with Crippen LogP contribution >= 0.6 is 23.4 Å². The molecule has 3 rings (SSSR count). The smallest absolute Gasteiger partial charge is 0.277 e. The van der Waals surface area contributed by atoms with Crippen LogP contribution in [0.3, 0.4) is 0 Å². The molecule has 3 heterocycles. The normalized spacial score (nSPS) is 11.6. The van der Waals surface area contributed by atoms with Crippen LogP contribution in [0.25, 0.3) is 10.8 Å². The highest BCUT2D eigenvalue weighted by atomic mass is 35.5. The number of aliphatic hydroxyl groups excluding tert-OH is 1. The lowest BCUT2D eigenvalue weighted by atomic mass is 10.1. The zero-order valence-electron chi connectivity index (χ0n) is 16.4. The molecule has 3 aromatic heterocycles. The van der Waals surface area contributed by atoms with E-state index in [2.05, 4.69) is 28.5 Å². The van der Waals surface area contributed by atoms with E-state index in [4.69, 9.17) is 16.7 Å². The molecule has 0 bridgehead atoms. The first-order valence-corrected chi connectivity index (χ1v) is 10.7. The SMILES string of the molecule is CC(C)Cc1nn(C)c(=O)c2c(SCCCO)n(Cc3ccc(Cl)nc3)cc12. The van der Waals surface area contributed by atoms with E-state index < -0.39 is 0 Å². The Morgan fingerprint density at radius 1 is 1.32 bits per heavy atom. The number of aliphatic hydroxyl groups is 1. The summed E-state index contributed by atoms with van der Waals surface area (Å²) in [6, 6.07) is 3.71. The molecule has 0 unspecified atom stereocenters. The topological polar surface area (TPSA) is 72.9 Å². The Bertz CT molecular complexity index is 1010. The van der Waals surface area contributed by atoms with Gasteiger partial charge >= 0.3 is 0 Å². The lowest BCUT2D eigenvalue weighted by Gasteiger charge is -2.09. The Morgan fingerprint density at radius 2 is 2.11 bits per heavy atom. The van der Waals surface area contributed by atoms with Gasteiger partial charge in [-0.1, -0.05) is 31.5 Å². The van der Waals surface area contributed by atoms with Crippen molar-refractivity contribution in [1.82, 2.24) is 19.3 Å². The third-order valence-corrected chi connectivity index (χ3v) is 5.83. The predicted octanol–water partition coefficient (Wildman–Crippen LogP) is 3.50. The van der Waals surface area contributed by atoms with Crippen molar-refractivity contribution in [3.05, 3.63) is 51.3 Å². The van der Waals surface area contributed by atoms with Crippen molar-refractivity contribution >= 4 is 34.1 Å². The van der Waals surface area contributed by atoms with Gasteiger partial charge in [-0.05, 0) is 30.4 Å². The zero-order valence-corrected chi connectivity index (χ0v) is 17.9. The third-order valence-electron chi connectivity index (χ3n) is 4.40. The number of hydrogen-bond donors (Lipinski definition) is 1. The van der Waals surface area contributed by atoms with E-state index in [1.165, 1.54) is 4.68 Å². The van der Waals surface area contributed by atoms with Crippen LogP contribution < -0.4 is 5.56 Å². The molecule has 0 aliphatic heterocycles. The molecular formula is C20H25ClN4O2S. The number of fused-ring (bicyclic) bond motifs is 1. The fourth-order valence-corrected chi connectivity index (χ4v) is 4.35. The molecule has 1 N–H and O–H groups in total. The third kappa shape index (κ3) is 4.59. The van der Waals surface area contributed by atoms with Crippen LogP contribution in [-0.2, 0) is 20.0 Å². The number of aromatic nitrogens is 4. The Morgan fingerprint density at radius 3 is 2.75 bits per heavy atom. The first-order chi connectivity index (χ1) is 13.4.